The minimum absolute atomic E-state index is 0.0393. The standard InChI is InChI=1S/C17H18F3N3O3/c1-11(9-25-10-24)23(2)8-13-6-21-7-15(22-13)12-3-4-14(18)16(5-12)26-17(19)20/h3-7,10-11,17H,8-9H2,1-2H3. The van der Waals surface area contributed by atoms with E-state index >= 15 is 0 Å². The molecule has 140 valence electrons. The minimum Gasteiger partial charge on any atom is -0.466 e. The molecule has 0 fully saturated rings. The van der Waals surface area contributed by atoms with Crippen molar-refractivity contribution < 1.29 is 27.4 Å². The Balaban J connectivity index is 2.17. The Labute approximate surface area is 148 Å². The predicted octanol–water partition coefficient (Wildman–Crippen LogP) is 2.88. The molecule has 1 atom stereocenters. The normalized spacial score (nSPS) is 12.3. The second kappa shape index (κ2) is 9.14. The Morgan fingerprint density at radius 3 is 2.77 bits per heavy atom. The van der Waals surface area contributed by atoms with Gasteiger partial charge in [-0.1, -0.05) is 0 Å². The summed E-state index contributed by atoms with van der Waals surface area (Å²) in [5.74, 6) is -1.44. The molecule has 1 aromatic heterocycles. The van der Waals surface area contributed by atoms with Crippen LogP contribution in [0.5, 0.6) is 5.75 Å². The van der Waals surface area contributed by atoms with Crippen LogP contribution in [0.15, 0.2) is 30.6 Å². The largest absolute Gasteiger partial charge is 0.466 e. The average molecular weight is 369 g/mol. The summed E-state index contributed by atoms with van der Waals surface area (Å²) in [7, 11) is 1.83. The van der Waals surface area contributed by atoms with E-state index in [0.717, 1.165) is 12.1 Å². The van der Waals surface area contributed by atoms with E-state index in [2.05, 4.69) is 14.7 Å². The van der Waals surface area contributed by atoms with Gasteiger partial charge in [0.2, 0.25) is 0 Å². The minimum atomic E-state index is -3.12. The summed E-state index contributed by atoms with van der Waals surface area (Å²) in [6.07, 6.45) is 3.01. The van der Waals surface area contributed by atoms with E-state index in [1.807, 2.05) is 18.9 Å². The molecule has 0 saturated heterocycles. The lowest BCUT2D eigenvalue weighted by molar-refractivity contribution is -0.130. The van der Waals surface area contributed by atoms with Crippen LogP contribution in [-0.4, -0.2) is 47.6 Å². The van der Waals surface area contributed by atoms with E-state index in [1.165, 1.54) is 12.3 Å². The van der Waals surface area contributed by atoms with Crippen LogP contribution in [-0.2, 0) is 16.1 Å². The number of alkyl halides is 2. The molecule has 0 aliphatic heterocycles. The molecule has 0 amide bonds. The Morgan fingerprint density at radius 2 is 2.08 bits per heavy atom. The first-order valence-corrected chi connectivity index (χ1v) is 7.72. The van der Waals surface area contributed by atoms with Crippen molar-refractivity contribution in [1.82, 2.24) is 14.9 Å². The van der Waals surface area contributed by atoms with E-state index in [0.29, 0.717) is 30.0 Å². The van der Waals surface area contributed by atoms with Gasteiger partial charge in [0.15, 0.2) is 11.6 Å². The maximum absolute atomic E-state index is 13.5. The van der Waals surface area contributed by atoms with Gasteiger partial charge in [-0.3, -0.25) is 14.7 Å². The number of ether oxygens (including phenoxy) is 2. The second-order valence-electron chi connectivity index (χ2n) is 5.61. The highest BCUT2D eigenvalue weighted by atomic mass is 19.3. The number of hydrogen-bond donors (Lipinski definition) is 0. The maximum Gasteiger partial charge on any atom is 0.387 e. The molecular formula is C17H18F3N3O3. The monoisotopic (exact) mass is 369 g/mol. The fourth-order valence-electron chi connectivity index (χ4n) is 2.19. The summed E-state index contributed by atoms with van der Waals surface area (Å²) in [5.41, 5.74) is 1.41. The predicted molar refractivity (Wildman–Crippen MR) is 87.0 cm³/mol. The van der Waals surface area contributed by atoms with Gasteiger partial charge < -0.3 is 9.47 Å². The number of aromatic nitrogens is 2. The first-order chi connectivity index (χ1) is 12.4. The smallest absolute Gasteiger partial charge is 0.387 e. The van der Waals surface area contributed by atoms with Crippen LogP contribution < -0.4 is 4.74 Å². The van der Waals surface area contributed by atoms with Crippen molar-refractivity contribution in [3.8, 4) is 17.0 Å². The van der Waals surface area contributed by atoms with Gasteiger partial charge in [0.05, 0.1) is 17.6 Å². The van der Waals surface area contributed by atoms with Crippen LogP contribution in [0.4, 0.5) is 13.2 Å². The Hall–Kier alpha value is -2.68. The van der Waals surface area contributed by atoms with E-state index in [1.54, 1.807) is 6.20 Å². The van der Waals surface area contributed by atoms with Crippen LogP contribution in [0.3, 0.4) is 0 Å². The Kier molecular flexibility index (Phi) is 6.90. The van der Waals surface area contributed by atoms with Crippen molar-refractivity contribution in [1.29, 1.82) is 0 Å². The van der Waals surface area contributed by atoms with Crippen molar-refractivity contribution in [2.45, 2.75) is 26.1 Å². The number of benzene rings is 1. The molecule has 0 bridgehead atoms. The number of halogens is 3. The van der Waals surface area contributed by atoms with Crippen molar-refractivity contribution in [2.24, 2.45) is 0 Å². The van der Waals surface area contributed by atoms with Gasteiger partial charge in [-0.15, -0.1) is 0 Å². The summed E-state index contributed by atoms with van der Waals surface area (Å²) in [5, 5.41) is 0. The van der Waals surface area contributed by atoms with Crippen LogP contribution in [0.2, 0.25) is 0 Å². The van der Waals surface area contributed by atoms with Crippen molar-refractivity contribution in [3.05, 3.63) is 42.1 Å². The third-order valence-electron chi connectivity index (χ3n) is 3.70. The zero-order chi connectivity index (χ0) is 19.1. The Bertz CT molecular complexity index is 746. The second-order valence-corrected chi connectivity index (χ2v) is 5.61. The first kappa shape index (κ1) is 19.6. The third-order valence-corrected chi connectivity index (χ3v) is 3.70. The topological polar surface area (TPSA) is 64.5 Å². The molecule has 0 N–H and O–H groups in total. The fourth-order valence-corrected chi connectivity index (χ4v) is 2.19. The molecule has 2 rings (SSSR count). The highest BCUT2D eigenvalue weighted by Gasteiger charge is 2.14. The molecule has 26 heavy (non-hydrogen) atoms. The van der Waals surface area contributed by atoms with Crippen molar-refractivity contribution in [2.75, 3.05) is 13.7 Å². The number of nitrogens with zero attached hydrogens (tertiary/aromatic N) is 3. The summed E-state index contributed by atoms with van der Waals surface area (Å²) < 4.78 is 47.2. The van der Waals surface area contributed by atoms with Gasteiger partial charge in [0, 0.05) is 24.3 Å². The molecule has 1 aromatic carbocycles. The van der Waals surface area contributed by atoms with Gasteiger partial charge in [0.25, 0.3) is 6.47 Å². The van der Waals surface area contributed by atoms with Crippen LogP contribution in [0, 0.1) is 5.82 Å². The number of likely N-dealkylation sites (N-methyl/N-ethyl adjacent to an activating group) is 1. The van der Waals surface area contributed by atoms with Crippen molar-refractivity contribution in [3.63, 3.8) is 0 Å². The lowest BCUT2D eigenvalue weighted by Crippen LogP contribution is -2.32. The zero-order valence-corrected chi connectivity index (χ0v) is 14.2. The average Bonchev–Trinajstić information content (AvgIpc) is 2.61. The van der Waals surface area contributed by atoms with Gasteiger partial charge in [-0.25, -0.2) is 9.37 Å². The SMILES string of the molecule is CC(COC=O)N(C)Cc1cncc(-c2ccc(F)c(OC(F)F)c2)n1. The zero-order valence-electron chi connectivity index (χ0n) is 14.2. The lowest BCUT2D eigenvalue weighted by atomic mass is 10.1. The summed E-state index contributed by atoms with van der Waals surface area (Å²) in [4.78, 5) is 20.7. The Morgan fingerprint density at radius 1 is 1.31 bits per heavy atom. The van der Waals surface area contributed by atoms with Crippen LogP contribution in [0.1, 0.15) is 12.6 Å². The molecule has 9 heteroatoms. The molecule has 0 radical (unpaired) electrons. The number of carbonyl (C=O) groups excluding carboxylic acids is 1. The van der Waals surface area contributed by atoms with E-state index in [-0.39, 0.29) is 12.6 Å². The van der Waals surface area contributed by atoms with Gasteiger partial charge in [0.1, 0.15) is 6.61 Å². The molecular weight excluding hydrogens is 351 g/mol. The molecule has 1 heterocycles. The van der Waals surface area contributed by atoms with E-state index in [9.17, 15) is 18.0 Å². The molecule has 6 nitrogen and oxygen atoms in total. The van der Waals surface area contributed by atoms with Gasteiger partial charge in [-0.05, 0) is 32.2 Å². The summed E-state index contributed by atoms with van der Waals surface area (Å²) >= 11 is 0. The number of hydrogen-bond acceptors (Lipinski definition) is 6. The lowest BCUT2D eigenvalue weighted by Gasteiger charge is -2.23. The fraction of sp³-hybridized carbons (Fsp3) is 0.353. The highest BCUT2D eigenvalue weighted by Crippen LogP contribution is 2.26. The molecule has 1 unspecified atom stereocenters. The molecule has 0 saturated carbocycles. The third kappa shape index (κ3) is 5.41. The van der Waals surface area contributed by atoms with Gasteiger partial charge in [-0.2, -0.15) is 8.78 Å². The molecule has 0 aliphatic carbocycles. The van der Waals surface area contributed by atoms with Crippen molar-refractivity contribution >= 4 is 6.47 Å². The molecule has 2 aromatic rings. The number of carbonyl (C=O) groups is 1. The first-order valence-electron chi connectivity index (χ1n) is 7.72. The van der Waals surface area contributed by atoms with Gasteiger partial charge >= 0.3 is 6.61 Å². The quantitative estimate of drug-likeness (QED) is 0.634. The van der Waals surface area contributed by atoms with E-state index < -0.39 is 18.2 Å². The maximum atomic E-state index is 13.5. The van der Waals surface area contributed by atoms with Crippen LogP contribution >= 0.6 is 0 Å². The van der Waals surface area contributed by atoms with Crippen LogP contribution in [0.25, 0.3) is 11.3 Å². The number of rotatable bonds is 9. The summed E-state index contributed by atoms with van der Waals surface area (Å²) in [6, 6.07) is 3.56. The highest BCUT2D eigenvalue weighted by molar-refractivity contribution is 5.60. The molecule has 0 spiro atoms. The summed E-state index contributed by atoms with van der Waals surface area (Å²) in [6.45, 7) is -0.195. The molecule has 0 aliphatic rings. The van der Waals surface area contributed by atoms with E-state index in [4.69, 9.17) is 4.74 Å².